The van der Waals surface area contributed by atoms with E-state index in [2.05, 4.69) is 10.0 Å². The first kappa shape index (κ1) is 15.9. The quantitative estimate of drug-likeness (QED) is 0.653. The van der Waals surface area contributed by atoms with E-state index in [1.54, 1.807) is 30.3 Å². The number of amides is 1. The van der Waals surface area contributed by atoms with E-state index in [1.165, 1.54) is 0 Å². The van der Waals surface area contributed by atoms with Gasteiger partial charge >= 0.3 is 0 Å². The Hall–Kier alpha value is -1.48. The van der Waals surface area contributed by atoms with Gasteiger partial charge < -0.3 is 15.2 Å². The lowest BCUT2D eigenvalue weighted by Crippen LogP contribution is -2.46. The van der Waals surface area contributed by atoms with E-state index in [-0.39, 0.29) is 19.1 Å². The van der Waals surface area contributed by atoms with Crippen LogP contribution >= 0.6 is 0 Å². The highest BCUT2D eigenvalue weighted by Gasteiger charge is 2.37. The predicted molar refractivity (Wildman–Crippen MR) is 76.3 cm³/mol. The maximum atomic E-state index is 12.0. The maximum absolute atomic E-state index is 12.0. The van der Waals surface area contributed by atoms with Gasteiger partial charge in [-0.05, 0) is 12.1 Å². The number of benzene rings is 1. The predicted octanol–water partition coefficient (Wildman–Crippen LogP) is -0.906. The molecule has 116 valence electrons. The van der Waals surface area contributed by atoms with Crippen LogP contribution in [0.2, 0.25) is 0 Å². The van der Waals surface area contributed by atoms with E-state index >= 15 is 0 Å². The van der Waals surface area contributed by atoms with Gasteiger partial charge in [-0.25, -0.2) is 13.1 Å². The van der Waals surface area contributed by atoms with Crippen LogP contribution < -0.4 is 10.0 Å². The normalized spacial score (nSPS) is 25.7. The van der Waals surface area contributed by atoms with Gasteiger partial charge in [-0.15, -0.1) is 0 Å². The summed E-state index contributed by atoms with van der Waals surface area (Å²) < 4.78 is 29.6. The molecule has 0 saturated carbocycles. The van der Waals surface area contributed by atoms with Gasteiger partial charge in [-0.3, -0.25) is 4.79 Å². The minimum Gasteiger partial charge on any atom is -0.388 e. The number of carbonyl (C=O) groups excluding carboxylic acids is 1. The number of carbonyl (C=O) groups is 1. The molecular formula is C13H18N2O5S. The summed E-state index contributed by atoms with van der Waals surface area (Å²) in [6.07, 6.45) is -0.615. The van der Waals surface area contributed by atoms with Crippen LogP contribution in [-0.4, -0.2) is 57.1 Å². The van der Waals surface area contributed by atoms with Crippen molar-refractivity contribution in [2.24, 2.45) is 0 Å². The zero-order chi connectivity index (χ0) is 15.5. The van der Waals surface area contributed by atoms with Crippen molar-refractivity contribution in [1.82, 2.24) is 10.0 Å². The smallest absolute Gasteiger partial charge is 0.251 e. The van der Waals surface area contributed by atoms with Crippen LogP contribution in [0.3, 0.4) is 0 Å². The summed E-state index contributed by atoms with van der Waals surface area (Å²) in [5.41, 5.74) is 0.488. The maximum Gasteiger partial charge on any atom is 0.251 e. The molecule has 1 aliphatic heterocycles. The van der Waals surface area contributed by atoms with Crippen LogP contribution in [-0.2, 0) is 14.8 Å². The van der Waals surface area contributed by atoms with Gasteiger partial charge in [0.05, 0.1) is 25.0 Å². The first-order valence-corrected chi connectivity index (χ1v) is 8.36. The SMILES string of the molecule is CS(=O)(=O)NC[C@H]1OC[C@@H](NC(=O)c2ccccc2)[C@@H]1O. The number of ether oxygens (including phenoxy) is 1. The fourth-order valence-corrected chi connectivity index (χ4v) is 2.53. The van der Waals surface area contributed by atoms with Gasteiger partial charge in [0.1, 0.15) is 6.10 Å². The lowest BCUT2D eigenvalue weighted by Gasteiger charge is -2.18. The Bertz CT molecular complexity index is 590. The molecule has 1 aromatic rings. The number of nitrogens with one attached hydrogen (secondary N) is 2. The molecule has 1 heterocycles. The first-order chi connectivity index (χ1) is 9.87. The van der Waals surface area contributed by atoms with Gasteiger partial charge in [-0.1, -0.05) is 18.2 Å². The molecule has 2 rings (SSSR count). The van der Waals surface area contributed by atoms with E-state index in [0.717, 1.165) is 6.26 Å². The molecule has 0 unspecified atom stereocenters. The summed E-state index contributed by atoms with van der Waals surface area (Å²) in [6, 6.07) is 8.06. The van der Waals surface area contributed by atoms with Crippen molar-refractivity contribution < 1.29 is 23.1 Å². The van der Waals surface area contributed by atoms with Crippen molar-refractivity contribution in [3.63, 3.8) is 0 Å². The summed E-state index contributed by atoms with van der Waals surface area (Å²) in [6.45, 7) is 0.105. The molecule has 7 nitrogen and oxygen atoms in total. The van der Waals surface area contributed by atoms with Crippen LogP contribution in [0.15, 0.2) is 30.3 Å². The van der Waals surface area contributed by atoms with Crippen molar-refractivity contribution in [1.29, 1.82) is 0 Å². The van der Waals surface area contributed by atoms with Crippen LogP contribution in [0.5, 0.6) is 0 Å². The van der Waals surface area contributed by atoms with Crippen molar-refractivity contribution in [3.8, 4) is 0 Å². The zero-order valence-electron chi connectivity index (χ0n) is 11.5. The standard InChI is InChI=1S/C13H18N2O5S/c1-21(18,19)14-7-11-12(16)10(8-20-11)15-13(17)9-5-3-2-4-6-9/h2-6,10-12,14,16H,7-8H2,1H3,(H,15,17)/t10-,11-,12+/m1/s1. The fourth-order valence-electron chi connectivity index (χ4n) is 2.07. The van der Waals surface area contributed by atoms with Crippen LogP contribution in [0.25, 0.3) is 0 Å². The first-order valence-electron chi connectivity index (χ1n) is 6.47. The molecule has 1 aliphatic rings. The van der Waals surface area contributed by atoms with Gasteiger partial charge in [0, 0.05) is 12.1 Å². The number of hydrogen-bond acceptors (Lipinski definition) is 5. The summed E-state index contributed by atoms with van der Waals surface area (Å²) in [5.74, 6) is -0.306. The summed E-state index contributed by atoms with van der Waals surface area (Å²) >= 11 is 0. The van der Waals surface area contributed by atoms with Crippen molar-refractivity contribution in [2.75, 3.05) is 19.4 Å². The topological polar surface area (TPSA) is 105 Å². The molecular weight excluding hydrogens is 296 g/mol. The van der Waals surface area contributed by atoms with E-state index in [1.807, 2.05) is 0 Å². The molecule has 0 aliphatic carbocycles. The third-order valence-electron chi connectivity index (χ3n) is 3.18. The number of aliphatic hydroxyl groups is 1. The highest BCUT2D eigenvalue weighted by Crippen LogP contribution is 2.14. The Labute approximate surface area is 123 Å². The zero-order valence-corrected chi connectivity index (χ0v) is 12.3. The number of rotatable bonds is 5. The van der Waals surface area contributed by atoms with E-state index in [0.29, 0.717) is 5.56 Å². The van der Waals surface area contributed by atoms with Crippen LogP contribution in [0, 0.1) is 0 Å². The minimum absolute atomic E-state index is 0.0301. The average molecular weight is 314 g/mol. The third-order valence-corrected chi connectivity index (χ3v) is 3.87. The van der Waals surface area contributed by atoms with Crippen molar-refractivity contribution in [3.05, 3.63) is 35.9 Å². The molecule has 1 saturated heterocycles. The largest absolute Gasteiger partial charge is 0.388 e. The second kappa shape index (κ2) is 6.52. The molecule has 1 fully saturated rings. The Kier molecular flexibility index (Phi) is 4.94. The third kappa shape index (κ3) is 4.50. The van der Waals surface area contributed by atoms with E-state index < -0.39 is 28.3 Å². The van der Waals surface area contributed by atoms with E-state index in [4.69, 9.17) is 4.74 Å². The van der Waals surface area contributed by atoms with Crippen LogP contribution in [0.1, 0.15) is 10.4 Å². The number of aliphatic hydroxyl groups excluding tert-OH is 1. The Morgan fingerprint density at radius 3 is 2.67 bits per heavy atom. The Morgan fingerprint density at radius 2 is 2.05 bits per heavy atom. The van der Waals surface area contributed by atoms with Crippen molar-refractivity contribution in [2.45, 2.75) is 18.2 Å². The fraction of sp³-hybridized carbons (Fsp3) is 0.462. The number of sulfonamides is 1. The van der Waals surface area contributed by atoms with Crippen LogP contribution in [0.4, 0.5) is 0 Å². The molecule has 0 spiro atoms. The lowest BCUT2D eigenvalue weighted by atomic mass is 10.1. The molecule has 3 atom stereocenters. The molecule has 8 heteroatoms. The van der Waals surface area contributed by atoms with Gasteiger partial charge in [0.15, 0.2) is 0 Å². The lowest BCUT2D eigenvalue weighted by molar-refractivity contribution is 0.0441. The van der Waals surface area contributed by atoms with E-state index in [9.17, 15) is 18.3 Å². The Balaban J connectivity index is 1.90. The molecule has 0 aromatic heterocycles. The minimum atomic E-state index is -3.35. The highest BCUT2D eigenvalue weighted by atomic mass is 32.2. The second-order valence-electron chi connectivity index (χ2n) is 4.93. The molecule has 3 N–H and O–H groups in total. The number of hydrogen-bond donors (Lipinski definition) is 3. The summed E-state index contributed by atoms with van der Waals surface area (Å²) in [5, 5.41) is 12.7. The van der Waals surface area contributed by atoms with Gasteiger partial charge in [-0.2, -0.15) is 0 Å². The Morgan fingerprint density at radius 1 is 1.38 bits per heavy atom. The molecule has 1 amide bonds. The van der Waals surface area contributed by atoms with Crippen molar-refractivity contribution >= 4 is 15.9 Å². The summed E-state index contributed by atoms with van der Waals surface area (Å²) in [7, 11) is -3.35. The average Bonchev–Trinajstić information content (AvgIpc) is 2.78. The highest BCUT2D eigenvalue weighted by molar-refractivity contribution is 7.88. The molecule has 21 heavy (non-hydrogen) atoms. The van der Waals surface area contributed by atoms with Gasteiger partial charge in [0.25, 0.3) is 5.91 Å². The molecule has 0 bridgehead atoms. The van der Waals surface area contributed by atoms with Gasteiger partial charge in [0.2, 0.25) is 10.0 Å². The summed E-state index contributed by atoms with van der Waals surface area (Å²) in [4.78, 5) is 12.0. The monoisotopic (exact) mass is 314 g/mol. The molecule has 0 radical (unpaired) electrons. The second-order valence-corrected chi connectivity index (χ2v) is 6.76. The molecule has 1 aromatic carbocycles.